The second kappa shape index (κ2) is 7.26. The highest BCUT2D eigenvalue weighted by Crippen LogP contribution is 2.30. The zero-order chi connectivity index (χ0) is 19.8. The highest BCUT2D eigenvalue weighted by molar-refractivity contribution is 9.10. The Hall–Kier alpha value is -2.48. The lowest BCUT2D eigenvalue weighted by atomic mass is 9.97. The Morgan fingerprint density at radius 3 is 2.41 bits per heavy atom. The van der Waals surface area contributed by atoms with Crippen molar-refractivity contribution >= 4 is 21.8 Å². The molecule has 0 bridgehead atoms. The molecule has 0 radical (unpaired) electrons. The molecule has 0 fully saturated rings. The summed E-state index contributed by atoms with van der Waals surface area (Å²) in [4.78, 5) is 12.3. The van der Waals surface area contributed by atoms with Gasteiger partial charge in [-0.25, -0.2) is 4.68 Å². The summed E-state index contributed by atoms with van der Waals surface area (Å²) >= 11 is 3.55. The van der Waals surface area contributed by atoms with Crippen molar-refractivity contribution in [3.63, 3.8) is 0 Å². The van der Waals surface area contributed by atoms with Crippen LogP contribution in [-0.4, -0.2) is 32.4 Å². The number of benzene rings is 1. The van der Waals surface area contributed by atoms with E-state index in [-0.39, 0.29) is 11.3 Å². The van der Waals surface area contributed by atoms with Crippen molar-refractivity contribution in [3.8, 4) is 17.3 Å². The minimum atomic E-state index is -0.0862. The maximum absolute atomic E-state index is 12.3. The molecule has 2 heterocycles. The van der Waals surface area contributed by atoms with Gasteiger partial charge >= 0.3 is 0 Å². The highest BCUT2D eigenvalue weighted by Gasteiger charge is 2.20. The van der Waals surface area contributed by atoms with E-state index in [1.165, 1.54) is 0 Å². The van der Waals surface area contributed by atoms with E-state index in [0.29, 0.717) is 29.6 Å². The predicted molar refractivity (Wildman–Crippen MR) is 106 cm³/mol. The van der Waals surface area contributed by atoms with Crippen LogP contribution in [0.15, 0.2) is 33.2 Å². The van der Waals surface area contributed by atoms with Gasteiger partial charge in [-0.1, -0.05) is 20.8 Å². The van der Waals surface area contributed by atoms with Crippen LogP contribution in [0.1, 0.15) is 42.7 Å². The van der Waals surface area contributed by atoms with Crippen LogP contribution in [0.3, 0.4) is 0 Å². The van der Waals surface area contributed by atoms with E-state index in [2.05, 4.69) is 57.3 Å². The molecule has 142 valence electrons. The van der Waals surface area contributed by atoms with Gasteiger partial charge in [0.1, 0.15) is 0 Å². The van der Waals surface area contributed by atoms with Crippen LogP contribution >= 0.6 is 15.9 Å². The average Bonchev–Trinajstić information content (AvgIpc) is 3.17. The zero-order valence-corrected chi connectivity index (χ0v) is 17.6. The Labute approximate surface area is 166 Å². The summed E-state index contributed by atoms with van der Waals surface area (Å²) in [6, 6.07) is 7.31. The maximum atomic E-state index is 12.3. The van der Waals surface area contributed by atoms with Gasteiger partial charge in [0.15, 0.2) is 5.69 Å². The number of hydrogen-bond acceptors (Lipinski definition) is 5. The lowest BCUT2D eigenvalue weighted by Gasteiger charge is -2.18. The van der Waals surface area contributed by atoms with Crippen molar-refractivity contribution in [2.75, 3.05) is 6.54 Å². The Balaban J connectivity index is 1.84. The lowest BCUT2D eigenvalue weighted by molar-refractivity contribution is 0.0939. The summed E-state index contributed by atoms with van der Waals surface area (Å²) in [7, 11) is 0. The van der Waals surface area contributed by atoms with Crippen LogP contribution in [0.2, 0.25) is 0 Å². The third-order valence-electron chi connectivity index (χ3n) is 3.93. The smallest absolute Gasteiger partial charge is 0.269 e. The van der Waals surface area contributed by atoms with Gasteiger partial charge in [-0.15, -0.1) is 10.2 Å². The molecular formula is C19H22BrN5O2. The number of amides is 1. The Morgan fingerprint density at radius 2 is 1.85 bits per heavy atom. The third-order valence-corrected chi connectivity index (χ3v) is 4.87. The van der Waals surface area contributed by atoms with E-state index in [1.807, 2.05) is 19.1 Å². The van der Waals surface area contributed by atoms with E-state index in [4.69, 9.17) is 4.42 Å². The van der Waals surface area contributed by atoms with Gasteiger partial charge in [0.05, 0.1) is 15.9 Å². The molecule has 0 aliphatic rings. The van der Waals surface area contributed by atoms with E-state index < -0.39 is 0 Å². The van der Waals surface area contributed by atoms with Crippen molar-refractivity contribution in [2.24, 2.45) is 5.41 Å². The Morgan fingerprint density at radius 1 is 1.19 bits per heavy atom. The van der Waals surface area contributed by atoms with Crippen molar-refractivity contribution in [1.82, 2.24) is 25.3 Å². The molecule has 1 N–H and O–H groups in total. The molecule has 1 amide bonds. The average molecular weight is 432 g/mol. The molecule has 0 aliphatic heterocycles. The van der Waals surface area contributed by atoms with E-state index >= 15 is 0 Å². The number of carbonyl (C=O) groups is 1. The van der Waals surface area contributed by atoms with Crippen LogP contribution in [-0.2, 0) is 0 Å². The first-order valence-electron chi connectivity index (χ1n) is 8.60. The fourth-order valence-electron chi connectivity index (χ4n) is 2.47. The first kappa shape index (κ1) is 19.3. The van der Waals surface area contributed by atoms with Crippen molar-refractivity contribution < 1.29 is 9.21 Å². The summed E-state index contributed by atoms with van der Waals surface area (Å²) in [5.74, 6) is 0.756. The SMILES string of the molecule is Cc1nnc(-c2nn(-c3ccc(C(=O)NCC(C)(C)C)cc3)c(C)c2Br)o1. The van der Waals surface area contributed by atoms with Crippen LogP contribution in [0, 0.1) is 19.3 Å². The minimum absolute atomic E-state index is 0.0392. The number of rotatable bonds is 4. The number of aryl methyl sites for hydroxylation is 1. The van der Waals surface area contributed by atoms with Crippen LogP contribution in [0.4, 0.5) is 0 Å². The van der Waals surface area contributed by atoms with Gasteiger partial charge in [-0.05, 0) is 52.5 Å². The predicted octanol–water partition coefficient (Wildman–Crippen LogP) is 4.08. The number of halogens is 1. The van der Waals surface area contributed by atoms with Crippen LogP contribution in [0.25, 0.3) is 17.3 Å². The standard InChI is InChI=1S/C19H22BrN5O2/c1-11-15(20)16(18-23-22-12(2)27-18)24-25(11)14-8-6-13(7-9-14)17(26)21-10-19(3,4)5/h6-9H,10H2,1-5H3,(H,21,26). The van der Waals surface area contributed by atoms with Crippen LogP contribution in [0.5, 0.6) is 0 Å². The Bertz CT molecular complexity index is 967. The molecule has 3 rings (SSSR count). The van der Waals surface area contributed by atoms with Crippen molar-refractivity contribution in [1.29, 1.82) is 0 Å². The van der Waals surface area contributed by atoms with Gasteiger partial charge in [0.2, 0.25) is 5.89 Å². The molecule has 0 spiro atoms. The second-order valence-electron chi connectivity index (χ2n) is 7.58. The number of nitrogens with one attached hydrogen (secondary N) is 1. The van der Waals surface area contributed by atoms with Crippen molar-refractivity contribution in [3.05, 3.63) is 45.9 Å². The topological polar surface area (TPSA) is 85.8 Å². The van der Waals surface area contributed by atoms with Gasteiger partial charge in [0.25, 0.3) is 11.8 Å². The van der Waals surface area contributed by atoms with Crippen LogP contribution < -0.4 is 5.32 Å². The molecule has 7 nitrogen and oxygen atoms in total. The van der Waals surface area contributed by atoms with E-state index in [9.17, 15) is 4.79 Å². The van der Waals surface area contributed by atoms with E-state index in [0.717, 1.165) is 15.9 Å². The molecule has 0 saturated carbocycles. The second-order valence-corrected chi connectivity index (χ2v) is 8.37. The molecule has 8 heteroatoms. The first-order valence-corrected chi connectivity index (χ1v) is 9.39. The minimum Gasteiger partial charge on any atom is -0.420 e. The fourth-order valence-corrected chi connectivity index (χ4v) is 2.88. The molecule has 1 aromatic carbocycles. The molecule has 0 unspecified atom stereocenters. The van der Waals surface area contributed by atoms with Gasteiger partial charge in [-0.3, -0.25) is 4.79 Å². The van der Waals surface area contributed by atoms with Gasteiger partial charge < -0.3 is 9.73 Å². The monoisotopic (exact) mass is 431 g/mol. The zero-order valence-electron chi connectivity index (χ0n) is 16.0. The summed E-state index contributed by atoms with van der Waals surface area (Å²) < 4.78 is 8.04. The number of aromatic nitrogens is 4. The molecule has 2 aromatic heterocycles. The molecule has 0 saturated heterocycles. The number of nitrogens with zero attached hydrogens (tertiary/aromatic N) is 4. The fraction of sp³-hybridized carbons (Fsp3) is 0.368. The summed E-state index contributed by atoms with van der Waals surface area (Å²) in [6.45, 7) is 10.5. The highest BCUT2D eigenvalue weighted by atomic mass is 79.9. The number of hydrogen-bond donors (Lipinski definition) is 1. The molecule has 3 aromatic rings. The van der Waals surface area contributed by atoms with Gasteiger partial charge in [0, 0.05) is 19.0 Å². The summed E-state index contributed by atoms with van der Waals surface area (Å²) in [6.07, 6.45) is 0. The molecule has 27 heavy (non-hydrogen) atoms. The summed E-state index contributed by atoms with van der Waals surface area (Å²) in [5.41, 5.74) is 2.96. The first-order chi connectivity index (χ1) is 12.7. The summed E-state index contributed by atoms with van der Waals surface area (Å²) in [5, 5.41) is 15.4. The number of carbonyl (C=O) groups excluding carboxylic acids is 1. The maximum Gasteiger partial charge on any atom is 0.269 e. The molecule has 0 aliphatic carbocycles. The largest absolute Gasteiger partial charge is 0.420 e. The van der Waals surface area contributed by atoms with E-state index in [1.54, 1.807) is 23.7 Å². The molecular weight excluding hydrogens is 410 g/mol. The lowest BCUT2D eigenvalue weighted by Crippen LogP contribution is -2.32. The van der Waals surface area contributed by atoms with Gasteiger partial charge in [-0.2, -0.15) is 5.10 Å². The quantitative estimate of drug-likeness (QED) is 0.672. The van der Waals surface area contributed by atoms with Crippen molar-refractivity contribution in [2.45, 2.75) is 34.6 Å². The normalized spacial score (nSPS) is 11.6. The third kappa shape index (κ3) is 4.27. The Kier molecular flexibility index (Phi) is 5.19. The molecule has 0 atom stereocenters.